The monoisotopic (exact) mass is 344 g/mol. The molecule has 132 valence electrons. The lowest BCUT2D eigenvalue weighted by molar-refractivity contribution is -0.385. The van der Waals surface area contributed by atoms with E-state index in [1.54, 1.807) is 18.3 Å². The first-order valence-electron chi connectivity index (χ1n) is 7.85. The maximum Gasteiger partial charge on any atom is 0.310 e. The molecule has 1 aromatic heterocycles. The minimum atomic E-state index is -0.544. The van der Waals surface area contributed by atoms with Crippen LogP contribution in [0, 0.1) is 17.0 Å². The minimum Gasteiger partial charge on any atom is -0.477 e. The van der Waals surface area contributed by atoms with Gasteiger partial charge in [0.15, 0.2) is 12.4 Å². The van der Waals surface area contributed by atoms with E-state index in [2.05, 4.69) is 15.6 Å². The van der Waals surface area contributed by atoms with Gasteiger partial charge in [-0.2, -0.15) is 0 Å². The number of nitrogens with one attached hydrogen (secondary N) is 2. The normalized spacial score (nSPS) is 10.1. The highest BCUT2D eigenvalue weighted by Crippen LogP contribution is 2.25. The molecule has 0 radical (unpaired) electrons. The third kappa shape index (κ3) is 6.09. The molecule has 0 unspecified atom stereocenters. The zero-order valence-corrected chi connectivity index (χ0v) is 13.9. The van der Waals surface area contributed by atoms with Gasteiger partial charge in [0.2, 0.25) is 0 Å². The van der Waals surface area contributed by atoms with Gasteiger partial charge in [-0.3, -0.25) is 14.9 Å². The van der Waals surface area contributed by atoms with Crippen LogP contribution >= 0.6 is 0 Å². The molecule has 1 amide bonds. The number of pyridine rings is 1. The van der Waals surface area contributed by atoms with Gasteiger partial charge in [0.05, 0.1) is 4.92 Å². The second-order valence-corrected chi connectivity index (χ2v) is 5.36. The van der Waals surface area contributed by atoms with Gasteiger partial charge in [-0.15, -0.1) is 0 Å². The third-order valence-corrected chi connectivity index (χ3v) is 3.31. The molecule has 25 heavy (non-hydrogen) atoms. The summed E-state index contributed by atoms with van der Waals surface area (Å²) in [6, 6.07) is 9.82. The SMILES string of the molecule is Cc1ccc(NCCCNC(=O)COc2ccccc2[N+](=O)[O-])nc1. The Labute approximate surface area is 145 Å². The number of anilines is 1. The smallest absolute Gasteiger partial charge is 0.310 e. The molecule has 8 heteroatoms. The molecule has 0 saturated carbocycles. The molecule has 0 atom stereocenters. The Kier molecular flexibility index (Phi) is 6.70. The highest BCUT2D eigenvalue weighted by atomic mass is 16.6. The number of nitro benzene ring substituents is 1. The van der Waals surface area contributed by atoms with Gasteiger partial charge in [-0.05, 0) is 31.0 Å². The number of benzene rings is 1. The maximum absolute atomic E-state index is 11.7. The molecule has 0 aliphatic rings. The summed E-state index contributed by atoms with van der Waals surface area (Å²) in [6.45, 7) is 2.84. The fourth-order valence-electron chi connectivity index (χ4n) is 2.03. The highest BCUT2D eigenvalue weighted by Gasteiger charge is 2.14. The Bertz CT molecular complexity index is 719. The average molecular weight is 344 g/mol. The Morgan fingerprint density at radius 3 is 2.76 bits per heavy atom. The highest BCUT2D eigenvalue weighted by molar-refractivity contribution is 5.77. The summed E-state index contributed by atoms with van der Waals surface area (Å²) in [4.78, 5) is 26.3. The number of amides is 1. The summed E-state index contributed by atoms with van der Waals surface area (Å²) in [5, 5.41) is 16.7. The quantitative estimate of drug-likeness (QED) is 0.411. The van der Waals surface area contributed by atoms with Gasteiger partial charge in [-0.25, -0.2) is 4.98 Å². The Morgan fingerprint density at radius 2 is 2.04 bits per heavy atom. The van der Waals surface area contributed by atoms with Gasteiger partial charge in [0.1, 0.15) is 5.82 Å². The van der Waals surface area contributed by atoms with Gasteiger partial charge in [-0.1, -0.05) is 18.2 Å². The van der Waals surface area contributed by atoms with E-state index in [4.69, 9.17) is 4.74 Å². The summed E-state index contributed by atoms with van der Waals surface area (Å²) in [5.41, 5.74) is 0.932. The molecule has 0 aliphatic carbocycles. The van der Waals surface area contributed by atoms with Crippen LogP contribution < -0.4 is 15.4 Å². The Balaban J connectivity index is 1.64. The number of ether oxygens (including phenoxy) is 1. The molecule has 2 aromatic rings. The molecule has 2 rings (SSSR count). The molecular weight excluding hydrogens is 324 g/mol. The van der Waals surface area contributed by atoms with Crippen LogP contribution in [0.4, 0.5) is 11.5 Å². The van der Waals surface area contributed by atoms with Gasteiger partial charge < -0.3 is 15.4 Å². The number of hydrogen-bond donors (Lipinski definition) is 2. The summed E-state index contributed by atoms with van der Waals surface area (Å²) in [6.07, 6.45) is 2.50. The molecular formula is C17H20N4O4. The van der Waals surface area contributed by atoms with Crippen molar-refractivity contribution in [3.8, 4) is 5.75 Å². The first-order chi connectivity index (χ1) is 12.1. The lowest BCUT2D eigenvalue weighted by Crippen LogP contribution is -2.30. The van der Waals surface area contributed by atoms with E-state index in [0.29, 0.717) is 19.5 Å². The second kappa shape index (κ2) is 9.21. The number of hydrogen-bond acceptors (Lipinski definition) is 6. The van der Waals surface area contributed by atoms with Crippen LogP contribution in [-0.4, -0.2) is 35.5 Å². The van der Waals surface area contributed by atoms with Crippen LogP contribution in [0.25, 0.3) is 0 Å². The van der Waals surface area contributed by atoms with Crippen molar-refractivity contribution in [1.82, 2.24) is 10.3 Å². The fourth-order valence-corrected chi connectivity index (χ4v) is 2.03. The van der Waals surface area contributed by atoms with Gasteiger partial charge in [0, 0.05) is 25.4 Å². The topological polar surface area (TPSA) is 106 Å². The van der Waals surface area contributed by atoms with Crippen molar-refractivity contribution in [2.45, 2.75) is 13.3 Å². The van der Waals surface area contributed by atoms with Crippen molar-refractivity contribution >= 4 is 17.4 Å². The molecule has 0 bridgehead atoms. The van der Waals surface area contributed by atoms with Crippen LogP contribution in [0.3, 0.4) is 0 Å². The standard InChI is InChI=1S/C17H20N4O4/c1-13-7-8-16(20-11-13)18-9-4-10-19-17(22)12-25-15-6-3-2-5-14(15)21(23)24/h2-3,5-8,11H,4,9-10,12H2,1H3,(H,18,20)(H,19,22). The van der Waals surface area contributed by atoms with E-state index >= 15 is 0 Å². The molecule has 0 fully saturated rings. The van der Waals surface area contributed by atoms with Crippen molar-refractivity contribution in [3.05, 3.63) is 58.3 Å². The van der Waals surface area contributed by atoms with E-state index < -0.39 is 4.92 Å². The lowest BCUT2D eigenvalue weighted by Gasteiger charge is -2.08. The molecule has 0 saturated heterocycles. The molecule has 0 aliphatic heterocycles. The first kappa shape index (κ1) is 18.2. The van der Waals surface area contributed by atoms with Gasteiger partial charge in [0.25, 0.3) is 5.91 Å². The van der Waals surface area contributed by atoms with E-state index in [1.165, 1.54) is 12.1 Å². The van der Waals surface area contributed by atoms with Crippen LogP contribution in [0.1, 0.15) is 12.0 Å². The number of aryl methyl sites for hydroxylation is 1. The number of aromatic nitrogens is 1. The minimum absolute atomic E-state index is 0.0785. The summed E-state index contributed by atoms with van der Waals surface area (Å²) < 4.78 is 5.22. The van der Waals surface area contributed by atoms with Crippen molar-refractivity contribution in [3.63, 3.8) is 0 Å². The summed E-state index contributed by atoms with van der Waals surface area (Å²) in [5.74, 6) is 0.540. The third-order valence-electron chi connectivity index (χ3n) is 3.31. The predicted octanol–water partition coefficient (Wildman–Crippen LogP) is 2.30. The lowest BCUT2D eigenvalue weighted by atomic mass is 10.3. The van der Waals surface area contributed by atoms with Crippen LogP contribution in [0.15, 0.2) is 42.6 Å². The number of rotatable bonds is 9. The number of carbonyl (C=O) groups is 1. The van der Waals surface area contributed by atoms with Crippen LogP contribution in [0.5, 0.6) is 5.75 Å². The Morgan fingerprint density at radius 1 is 1.24 bits per heavy atom. The predicted molar refractivity (Wildman–Crippen MR) is 93.7 cm³/mol. The average Bonchev–Trinajstić information content (AvgIpc) is 2.61. The zero-order chi connectivity index (χ0) is 18.1. The van der Waals surface area contributed by atoms with Crippen molar-refractivity contribution in [1.29, 1.82) is 0 Å². The van der Waals surface area contributed by atoms with E-state index in [9.17, 15) is 14.9 Å². The first-order valence-corrected chi connectivity index (χ1v) is 7.85. The number of nitro groups is 1. The molecule has 8 nitrogen and oxygen atoms in total. The van der Waals surface area contributed by atoms with Crippen molar-refractivity contribution in [2.24, 2.45) is 0 Å². The van der Waals surface area contributed by atoms with E-state index in [0.717, 1.165) is 11.4 Å². The van der Waals surface area contributed by atoms with E-state index in [1.807, 2.05) is 19.1 Å². The number of nitrogens with zero attached hydrogens (tertiary/aromatic N) is 2. The second-order valence-electron chi connectivity index (χ2n) is 5.36. The largest absolute Gasteiger partial charge is 0.477 e. The van der Waals surface area contributed by atoms with Crippen LogP contribution in [0.2, 0.25) is 0 Å². The molecule has 1 heterocycles. The van der Waals surface area contributed by atoms with Gasteiger partial charge >= 0.3 is 5.69 Å². The molecule has 2 N–H and O–H groups in total. The van der Waals surface area contributed by atoms with Crippen LogP contribution in [-0.2, 0) is 4.79 Å². The Hall–Kier alpha value is -3.16. The molecule has 0 spiro atoms. The number of para-hydroxylation sites is 2. The van der Waals surface area contributed by atoms with Crippen molar-refractivity contribution < 1.29 is 14.5 Å². The van der Waals surface area contributed by atoms with E-state index in [-0.39, 0.29) is 24.0 Å². The zero-order valence-electron chi connectivity index (χ0n) is 13.9. The summed E-state index contributed by atoms with van der Waals surface area (Å²) >= 11 is 0. The summed E-state index contributed by atoms with van der Waals surface area (Å²) in [7, 11) is 0. The number of carbonyl (C=O) groups excluding carboxylic acids is 1. The molecule has 1 aromatic carbocycles. The maximum atomic E-state index is 11.7. The fraction of sp³-hybridized carbons (Fsp3) is 0.294. The van der Waals surface area contributed by atoms with Crippen molar-refractivity contribution in [2.75, 3.05) is 25.0 Å².